The minimum atomic E-state index is 0.635. The summed E-state index contributed by atoms with van der Waals surface area (Å²) in [6.45, 7) is 0. The molecule has 0 amide bonds. The van der Waals surface area contributed by atoms with E-state index in [4.69, 9.17) is 28.8 Å². The summed E-state index contributed by atoms with van der Waals surface area (Å²) >= 11 is 0. The first-order valence-electron chi connectivity index (χ1n) is 22.7. The molecule has 0 spiro atoms. The van der Waals surface area contributed by atoms with Crippen molar-refractivity contribution in [1.82, 2.24) is 19.9 Å². The molecule has 13 aromatic rings. The van der Waals surface area contributed by atoms with Crippen molar-refractivity contribution >= 4 is 44.1 Å². The number of hydrogen-bond acceptors (Lipinski definition) is 6. The fourth-order valence-electron chi connectivity index (χ4n) is 9.26. The third-order valence-electron chi connectivity index (χ3n) is 12.8. The van der Waals surface area contributed by atoms with E-state index in [2.05, 4.69) is 182 Å². The maximum Gasteiger partial charge on any atom is 0.180 e. The van der Waals surface area contributed by atoms with Crippen LogP contribution < -0.4 is 0 Å². The highest BCUT2D eigenvalue weighted by atomic mass is 16.3. The van der Waals surface area contributed by atoms with E-state index in [1.54, 1.807) is 0 Å². The van der Waals surface area contributed by atoms with Crippen LogP contribution in [0.5, 0.6) is 0 Å². The van der Waals surface area contributed by atoms with Gasteiger partial charge in [-0.3, -0.25) is 0 Å². The Kier molecular flexibility index (Phi) is 9.39. The zero-order valence-corrected chi connectivity index (χ0v) is 36.5. The number of rotatable bonds is 8. The van der Waals surface area contributed by atoms with Gasteiger partial charge in [-0.1, -0.05) is 194 Å². The van der Waals surface area contributed by atoms with Gasteiger partial charge in [0.25, 0.3) is 0 Å². The summed E-state index contributed by atoms with van der Waals surface area (Å²) in [7, 11) is 0. The van der Waals surface area contributed by atoms with Crippen LogP contribution in [0.25, 0.3) is 134 Å². The molecular formula is C62H38N4O2. The molecular weight excluding hydrogens is 833 g/mol. The lowest BCUT2D eigenvalue weighted by molar-refractivity contribution is 0.667. The molecule has 4 heterocycles. The van der Waals surface area contributed by atoms with Crippen molar-refractivity contribution in [3.63, 3.8) is 0 Å². The number of hydrogen-bond donors (Lipinski definition) is 0. The van der Waals surface area contributed by atoms with Gasteiger partial charge in [0.15, 0.2) is 22.8 Å². The number of benzene rings is 9. The number of aromatic nitrogens is 4. The first-order valence-corrected chi connectivity index (χ1v) is 22.7. The number of nitrogens with zero attached hydrogens (tertiary/aromatic N) is 4. The first kappa shape index (κ1) is 39.1. The van der Waals surface area contributed by atoms with E-state index in [9.17, 15) is 0 Å². The molecule has 0 saturated heterocycles. The van der Waals surface area contributed by atoms with E-state index in [1.807, 2.05) is 48.5 Å². The van der Waals surface area contributed by atoms with E-state index in [-0.39, 0.29) is 0 Å². The summed E-state index contributed by atoms with van der Waals surface area (Å²) in [5.41, 5.74) is 18.7. The molecule has 0 aliphatic carbocycles. The predicted octanol–water partition coefficient (Wildman–Crippen LogP) is 16.4. The number of para-hydroxylation sites is 2. The van der Waals surface area contributed by atoms with Crippen molar-refractivity contribution in [1.29, 1.82) is 0 Å². The Balaban J connectivity index is 0.835. The largest absolute Gasteiger partial charge is 0.452 e. The molecule has 0 aliphatic heterocycles. The smallest absolute Gasteiger partial charge is 0.180 e. The van der Waals surface area contributed by atoms with Gasteiger partial charge in [-0.2, -0.15) is 0 Å². The van der Waals surface area contributed by atoms with Crippen LogP contribution in [0.1, 0.15) is 0 Å². The highest BCUT2D eigenvalue weighted by Crippen LogP contribution is 2.39. The van der Waals surface area contributed by atoms with E-state index in [1.165, 1.54) is 5.56 Å². The fourth-order valence-corrected chi connectivity index (χ4v) is 9.26. The summed E-state index contributed by atoms with van der Waals surface area (Å²) in [4.78, 5) is 20.7. The van der Waals surface area contributed by atoms with Gasteiger partial charge in [-0.05, 0) is 80.9 Å². The van der Waals surface area contributed by atoms with Gasteiger partial charge >= 0.3 is 0 Å². The highest BCUT2D eigenvalue weighted by molar-refractivity contribution is 6.08. The molecule has 0 radical (unpaired) electrons. The van der Waals surface area contributed by atoms with E-state index in [0.717, 1.165) is 106 Å². The summed E-state index contributed by atoms with van der Waals surface area (Å²) in [6.07, 6.45) is 0. The molecule has 0 bridgehead atoms. The van der Waals surface area contributed by atoms with E-state index >= 15 is 0 Å². The Labute approximate surface area is 391 Å². The second-order valence-corrected chi connectivity index (χ2v) is 17.0. The van der Waals surface area contributed by atoms with Crippen LogP contribution in [0.4, 0.5) is 0 Å². The quantitative estimate of drug-likeness (QED) is 0.151. The van der Waals surface area contributed by atoms with Gasteiger partial charge in [-0.25, -0.2) is 19.9 Å². The molecule has 0 atom stereocenters. The average molecular weight is 871 g/mol. The van der Waals surface area contributed by atoms with Crippen LogP contribution >= 0.6 is 0 Å². The van der Waals surface area contributed by atoms with Crippen LogP contribution in [0.3, 0.4) is 0 Å². The lowest BCUT2D eigenvalue weighted by Crippen LogP contribution is -1.94. The lowest BCUT2D eigenvalue weighted by Gasteiger charge is -2.10. The maximum atomic E-state index is 6.46. The van der Waals surface area contributed by atoms with Gasteiger partial charge < -0.3 is 8.83 Å². The van der Waals surface area contributed by atoms with Crippen LogP contribution in [-0.2, 0) is 0 Å². The topological polar surface area (TPSA) is 77.8 Å². The summed E-state index contributed by atoms with van der Waals surface area (Å²) < 4.78 is 12.9. The van der Waals surface area contributed by atoms with Crippen LogP contribution in [0.2, 0.25) is 0 Å². The fraction of sp³-hybridized carbons (Fsp3) is 0. The van der Waals surface area contributed by atoms with Crippen molar-refractivity contribution < 1.29 is 8.83 Å². The molecule has 6 heteroatoms. The predicted molar refractivity (Wildman–Crippen MR) is 276 cm³/mol. The second-order valence-electron chi connectivity index (χ2n) is 17.0. The molecule has 4 aromatic heterocycles. The monoisotopic (exact) mass is 870 g/mol. The van der Waals surface area contributed by atoms with Crippen molar-refractivity contribution in [2.24, 2.45) is 0 Å². The first-order chi connectivity index (χ1) is 33.7. The Morgan fingerprint density at radius 1 is 0.235 bits per heavy atom. The normalized spacial score (nSPS) is 11.5. The summed E-state index contributed by atoms with van der Waals surface area (Å²) in [5, 5.41) is 1.92. The minimum Gasteiger partial charge on any atom is -0.452 e. The van der Waals surface area contributed by atoms with Gasteiger partial charge in [0, 0.05) is 33.0 Å². The summed E-state index contributed by atoms with van der Waals surface area (Å²) in [6, 6.07) is 79.5. The molecule has 0 aliphatic rings. The molecule has 318 valence electrons. The molecule has 9 aromatic carbocycles. The average Bonchev–Trinajstić information content (AvgIpc) is 4.00. The molecule has 13 rings (SSSR count). The van der Waals surface area contributed by atoms with Crippen LogP contribution in [-0.4, -0.2) is 19.9 Å². The molecule has 6 nitrogen and oxygen atoms in total. The van der Waals surface area contributed by atoms with Gasteiger partial charge in [0.05, 0.1) is 0 Å². The van der Waals surface area contributed by atoms with Gasteiger partial charge in [-0.15, -0.1) is 0 Å². The third kappa shape index (κ3) is 7.00. The SMILES string of the molecule is c1ccc(-c2ccc(-c3nc(-c4ccc(-c5cccc(-c6cccc(-c7nc(-c8ccc(-c9ccccc9)cc8)c8oc9ccccc9c8n7)c6)c5)cc4)nc4c3oc3ccccc34)cc2)cc1. The Hall–Kier alpha value is -9.26. The minimum absolute atomic E-state index is 0.635. The van der Waals surface area contributed by atoms with Crippen LogP contribution in [0, 0.1) is 0 Å². The molecule has 68 heavy (non-hydrogen) atoms. The Morgan fingerprint density at radius 3 is 1.04 bits per heavy atom. The molecule has 0 unspecified atom stereocenters. The van der Waals surface area contributed by atoms with Crippen molar-refractivity contribution in [3.05, 3.63) is 231 Å². The van der Waals surface area contributed by atoms with E-state index < -0.39 is 0 Å². The Bertz CT molecular complexity index is 3990. The van der Waals surface area contributed by atoms with Gasteiger partial charge in [0.1, 0.15) is 33.6 Å². The van der Waals surface area contributed by atoms with Crippen molar-refractivity contribution in [3.8, 4) is 89.8 Å². The molecule has 0 saturated carbocycles. The Morgan fingerprint density at radius 2 is 0.559 bits per heavy atom. The summed E-state index contributed by atoms with van der Waals surface area (Å²) in [5.74, 6) is 1.27. The van der Waals surface area contributed by atoms with E-state index in [0.29, 0.717) is 22.8 Å². The molecule has 0 fully saturated rings. The maximum absolute atomic E-state index is 6.46. The number of furan rings is 2. The van der Waals surface area contributed by atoms with Crippen molar-refractivity contribution in [2.75, 3.05) is 0 Å². The zero-order valence-electron chi connectivity index (χ0n) is 36.5. The number of fused-ring (bicyclic) bond motifs is 6. The third-order valence-corrected chi connectivity index (χ3v) is 12.8. The second kappa shape index (κ2) is 16.3. The van der Waals surface area contributed by atoms with Crippen LogP contribution in [0.15, 0.2) is 239 Å². The highest BCUT2D eigenvalue weighted by Gasteiger charge is 2.20. The lowest BCUT2D eigenvalue weighted by atomic mass is 9.97. The standard InChI is InChI=1S/C62H38N4O2/c1-3-13-39(14-4-1)41-25-31-44(32-26-41)55-59-57(51-21-7-9-23-53(51)67-59)65-61(63-55)46-35-29-43(30-36-46)47-17-11-18-48(37-47)49-19-12-20-50(38-49)62-64-56(60-58(66-62)52-22-8-10-24-54(52)68-60)45-33-27-42(28-34-45)40-15-5-2-6-16-40/h1-38H. The van der Waals surface area contributed by atoms with Gasteiger partial charge in [0.2, 0.25) is 0 Å². The van der Waals surface area contributed by atoms with Crippen molar-refractivity contribution in [2.45, 2.75) is 0 Å². The zero-order chi connectivity index (χ0) is 45.0. The molecule has 0 N–H and O–H groups in total.